The summed E-state index contributed by atoms with van der Waals surface area (Å²) < 4.78 is 6.72. The van der Waals surface area contributed by atoms with E-state index >= 15 is 0 Å². The Morgan fingerprint density at radius 3 is 2.62 bits per heavy atom. The van der Waals surface area contributed by atoms with E-state index < -0.39 is 0 Å². The smallest absolute Gasteiger partial charge is 0.224 e. The zero-order valence-corrected chi connectivity index (χ0v) is 13.7. The lowest BCUT2D eigenvalue weighted by molar-refractivity contribution is -0.116. The van der Waals surface area contributed by atoms with Crippen LogP contribution in [0.1, 0.15) is 12.8 Å². The summed E-state index contributed by atoms with van der Waals surface area (Å²) in [5.74, 6) is 0.796. The second-order valence-electron chi connectivity index (χ2n) is 4.52. The minimum absolute atomic E-state index is 0.0562. The number of ether oxygens (including phenoxy) is 1. The van der Waals surface area contributed by atoms with Gasteiger partial charge in [-0.3, -0.25) is 4.79 Å². The molecule has 2 rings (SSSR count). The van der Waals surface area contributed by atoms with Crippen LogP contribution in [0.4, 0.5) is 11.4 Å². The van der Waals surface area contributed by atoms with Crippen molar-refractivity contribution in [1.29, 1.82) is 0 Å². The van der Waals surface area contributed by atoms with Gasteiger partial charge in [-0.15, -0.1) is 0 Å². The van der Waals surface area contributed by atoms with Crippen LogP contribution in [0.3, 0.4) is 0 Å². The first-order valence-corrected chi connectivity index (χ1v) is 7.76. The SMILES string of the molecule is Nc1ccccc1NC(=O)CCCOc1ccccc1I. The number of benzene rings is 2. The minimum Gasteiger partial charge on any atom is -0.492 e. The summed E-state index contributed by atoms with van der Waals surface area (Å²) in [4.78, 5) is 11.8. The normalized spacial score (nSPS) is 10.1. The summed E-state index contributed by atoms with van der Waals surface area (Å²) in [6.07, 6.45) is 1.06. The molecule has 0 aromatic heterocycles. The van der Waals surface area contributed by atoms with Gasteiger partial charge in [0.2, 0.25) is 5.91 Å². The van der Waals surface area contributed by atoms with Crippen molar-refractivity contribution in [2.45, 2.75) is 12.8 Å². The fourth-order valence-corrected chi connectivity index (χ4v) is 2.34. The standard InChI is InChI=1S/C16H17IN2O2/c17-12-6-1-4-9-15(12)21-11-5-10-16(20)19-14-8-3-2-7-13(14)18/h1-4,6-9H,5,10-11,18H2,(H,19,20). The Hall–Kier alpha value is -1.76. The number of anilines is 2. The third-order valence-corrected chi connectivity index (χ3v) is 3.77. The van der Waals surface area contributed by atoms with Crippen molar-refractivity contribution in [3.8, 4) is 5.75 Å². The lowest BCUT2D eigenvalue weighted by Crippen LogP contribution is -2.14. The number of para-hydroxylation sites is 3. The van der Waals surface area contributed by atoms with Crippen LogP contribution < -0.4 is 15.8 Å². The summed E-state index contributed by atoms with van der Waals surface area (Å²) in [5, 5.41) is 2.80. The number of nitrogen functional groups attached to an aromatic ring is 1. The molecule has 0 spiro atoms. The first kappa shape index (κ1) is 15.6. The number of hydrogen-bond donors (Lipinski definition) is 2. The van der Waals surface area contributed by atoms with E-state index in [4.69, 9.17) is 10.5 Å². The van der Waals surface area contributed by atoms with Gasteiger partial charge in [0.1, 0.15) is 5.75 Å². The molecule has 0 aliphatic rings. The Balaban J connectivity index is 1.73. The summed E-state index contributed by atoms with van der Waals surface area (Å²) >= 11 is 2.23. The molecule has 2 aromatic rings. The maximum Gasteiger partial charge on any atom is 0.224 e. The van der Waals surface area contributed by atoms with Gasteiger partial charge in [-0.25, -0.2) is 0 Å². The molecule has 3 N–H and O–H groups in total. The third-order valence-electron chi connectivity index (χ3n) is 2.88. The van der Waals surface area contributed by atoms with Crippen molar-refractivity contribution >= 4 is 39.9 Å². The zero-order valence-electron chi connectivity index (χ0n) is 11.5. The van der Waals surface area contributed by atoms with Crippen LogP contribution in [0.15, 0.2) is 48.5 Å². The van der Waals surface area contributed by atoms with Crippen molar-refractivity contribution < 1.29 is 9.53 Å². The van der Waals surface area contributed by atoms with Crippen LogP contribution in [0.25, 0.3) is 0 Å². The Kier molecular flexibility index (Phi) is 5.86. The van der Waals surface area contributed by atoms with Gasteiger partial charge in [0, 0.05) is 6.42 Å². The van der Waals surface area contributed by atoms with E-state index in [1.807, 2.05) is 36.4 Å². The number of halogens is 1. The van der Waals surface area contributed by atoms with Crippen LogP contribution in [-0.2, 0) is 4.79 Å². The second kappa shape index (κ2) is 7.87. The van der Waals surface area contributed by atoms with Crippen LogP contribution in [0.5, 0.6) is 5.75 Å². The number of hydrogen-bond acceptors (Lipinski definition) is 3. The predicted octanol–water partition coefficient (Wildman–Crippen LogP) is 3.67. The van der Waals surface area contributed by atoms with Crippen LogP contribution in [0.2, 0.25) is 0 Å². The van der Waals surface area contributed by atoms with Gasteiger partial charge >= 0.3 is 0 Å². The minimum atomic E-state index is -0.0562. The Morgan fingerprint density at radius 2 is 1.86 bits per heavy atom. The van der Waals surface area contributed by atoms with Gasteiger partial charge in [-0.05, 0) is 53.3 Å². The molecule has 4 nitrogen and oxygen atoms in total. The fraction of sp³-hybridized carbons (Fsp3) is 0.188. The Morgan fingerprint density at radius 1 is 1.14 bits per heavy atom. The molecule has 0 aliphatic heterocycles. The molecule has 0 aliphatic carbocycles. The molecule has 110 valence electrons. The first-order valence-electron chi connectivity index (χ1n) is 6.68. The highest BCUT2D eigenvalue weighted by Gasteiger charge is 2.05. The molecule has 0 saturated carbocycles. The molecule has 0 saturated heterocycles. The second-order valence-corrected chi connectivity index (χ2v) is 5.68. The quantitative estimate of drug-likeness (QED) is 0.445. The van der Waals surface area contributed by atoms with Gasteiger partial charge in [-0.1, -0.05) is 24.3 Å². The molecule has 0 radical (unpaired) electrons. The number of amides is 1. The largest absolute Gasteiger partial charge is 0.492 e. The molecular weight excluding hydrogens is 379 g/mol. The molecule has 0 heterocycles. The molecule has 2 aromatic carbocycles. The molecule has 0 bridgehead atoms. The molecule has 0 unspecified atom stereocenters. The van der Waals surface area contributed by atoms with Crippen molar-refractivity contribution in [2.24, 2.45) is 0 Å². The third kappa shape index (κ3) is 4.93. The molecule has 5 heteroatoms. The zero-order chi connectivity index (χ0) is 15.1. The number of nitrogens with two attached hydrogens (primary N) is 1. The van der Waals surface area contributed by atoms with E-state index in [1.165, 1.54) is 0 Å². The molecule has 0 atom stereocenters. The summed E-state index contributed by atoms with van der Waals surface area (Å²) in [7, 11) is 0. The lowest BCUT2D eigenvalue weighted by Gasteiger charge is -2.09. The lowest BCUT2D eigenvalue weighted by atomic mass is 10.2. The number of carbonyl (C=O) groups excluding carboxylic acids is 1. The summed E-state index contributed by atoms with van der Waals surface area (Å²) in [6, 6.07) is 15.0. The Labute approximate surface area is 137 Å². The van der Waals surface area contributed by atoms with E-state index in [0.29, 0.717) is 30.8 Å². The Bertz CT molecular complexity index is 617. The molecular formula is C16H17IN2O2. The highest BCUT2D eigenvalue weighted by atomic mass is 127. The number of nitrogens with one attached hydrogen (secondary N) is 1. The monoisotopic (exact) mass is 396 g/mol. The first-order chi connectivity index (χ1) is 10.2. The fourth-order valence-electron chi connectivity index (χ4n) is 1.80. The van der Waals surface area contributed by atoms with Crippen LogP contribution >= 0.6 is 22.6 Å². The van der Waals surface area contributed by atoms with Crippen molar-refractivity contribution in [1.82, 2.24) is 0 Å². The maximum absolute atomic E-state index is 11.8. The van der Waals surface area contributed by atoms with Crippen LogP contribution in [0, 0.1) is 3.57 Å². The molecule has 1 amide bonds. The van der Waals surface area contributed by atoms with Gasteiger partial charge in [0.25, 0.3) is 0 Å². The van der Waals surface area contributed by atoms with E-state index in [2.05, 4.69) is 27.9 Å². The maximum atomic E-state index is 11.8. The van der Waals surface area contributed by atoms with E-state index in [-0.39, 0.29) is 5.91 Å². The van der Waals surface area contributed by atoms with Crippen molar-refractivity contribution in [3.05, 3.63) is 52.1 Å². The highest BCUT2D eigenvalue weighted by molar-refractivity contribution is 14.1. The van der Waals surface area contributed by atoms with Crippen molar-refractivity contribution in [3.63, 3.8) is 0 Å². The average Bonchev–Trinajstić information content (AvgIpc) is 2.48. The predicted molar refractivity (Wildman–Crippen MR) is 93.4 cm³/mol. The van der Waals surface area contributed by atoms with Gasteiger partial charge < -0.3 is 15.8 Å². The average molecular weight is 396 g/mol. The molecule has 0 fully saturated rings. The van der Waals surface area contributed by atoms with E-state index in [9.17, 15) is 4.79 Å². The highest BCUT2D eigenvalue weighted by Crippen LogP contribution is 2.20. The summed E-state index contributed by atoms with van der Waals surface area (Å²) in [6.45, 7) is 0.512. The number of rotatable bonds is 6. The van der Waals surface area contributed by atoms with Gasteiger partial charge in [0.05, 0.1) is 21.6 Å². The molecule has 21 heavy (non-hydrogen) atoms. The topological polar surface area (TPSA) is 64.3 Å². The van der Waals surface area contributed by atoms with Gasteiger partial charge in [0.15, 0.2) is 0 Å². The van der Waals surface area contributed by atoms with Gasteiger partial charge in [-0.2, -0.15) is 0 Å². The number of carbonyl (C=O) groups is 1. The van der Waals surface area contributed by atoms with Crippen molar-refractivity contribution in [2.75, 3.05) is 17.7 Å². The van der Waals surface area contributed by atoms with Crippen LogP contribution in [-0.4, -0.2) is 12.5 Å². The summed E-state index contributed by atoms with van der Waals surface area (Å²) in [5.41, 5.74) is 7.00. The van der Waals surface area contributed by atoms with E-state index in [0.717, 1.165) is 9.32 Å². The van der Waals surface area contributed by atoms with E-state index in [1.54, 1.807) is 12.1 Å².